The van der Waals surface area contributed by atoms with Crippen molar-refractivity contribution in [3.8, 4) is 24.0 Å². The molecule has 5 rings (SSSR count). The van der Waals surface area contributed by atoms with Crippen LogP contribution in [-0.2, 0) is 6.54 Å². The van der Waals surface area contributed by atoms with Crippen molar-refractivity contribution in [2.75, 3.05) is 0 Å². The molecule has 0 saturated heterocycles. The van der Waals surface area contributed by atoms with Crippen LogP contribution in [0.1, 0.15) is 11.3 Å². The largest absolute Gasteiger partial charge is 0.456 e. The van der Waals surface area contributed by atoms with E-state index >= 15 is 0 Å². The van der Waals surface area contributed by atoms with Gasteiger partial charge in [0.2, 0.25) is 5.88 Å². The normalized spacial score (nSPS) is 11.3. The lowest BCUT2D eigenvalue weighted by Crippen LogP contribution is -2.00. The van der Waals surface area contributed by atoms with E-state index in [0.717, 1.165) is 38.5 Å². The van der Waals surface area contributed by atoms with Crippen LogP contribution < -0.4 is 4.74 Å². The number of terminal acetylenes is 1. The molecule has 0 spiro atoms. The monoisotopic (exact) mass is 366 g/mol. The zero-order chi connectivity index (χ0) is 19.3. The standard InChI is InChI=1S/C24H18N2O2/c1-4-13-26-16(3)15(2)18-11-12-25-24(23(18)26)27-17-9-10-22-20(14-17)19-7-5-6-8-21(19)28-22/h1,5-12,14H,13H2,2-3H3. The molecule has 0 N–H and O–H groups in total. The van der Waals surface area contributed by atoms with Crippen molar-refractivity contribution in [2.24, 2.45) is 0 Å². The van der Waals surface area contributed by atoms with Crippen LogP contribution in [0.3, 0.4) is 0 Å². The number of nitrogens with zero attached hydrogens (tertiary/aromatic N) is 2. The molecule has 2 aromatic carbocycles. The summed E-state index contributed by atoms with van der Waals surface area (Å²) in [5, 5.41) is 3.19. The minimum absolute atomic E-state index is 0.476. The molecule has 0 atom stereocenters. The van der Waals surface area contributed by atoms with Crippen molar-refractivity contribution in [3.05, 3.63) is 66.0 Å². The summed E-state index contributed by atoms with van der Waals surface area (Å²) in [6.07, 6.45) is 7.37. The molecule has 0 aliphatic carbocycles. The molecule has 136 valence electrons. The van der Waals surface area contributed by atoms with Crippen molar-refractivity contribution in [1.29, 1.82) is 0 Å². The molecule has 0 fully saturated rings. The molecule has 0 saturated carbocycles. The molecule has 0 aliphatic rings. The van der Waals surface area contributed by atoms with E-state index in [1.807, 2.05) is 42.5 Å². The highest BCUT2D eigenvalue weighted by Crippen LogP contribution is 2.36. The number of ether oxygens (including phenoxy) is 1. The number of pyridine rings is 1. The highest BCUT2D eigenvalue weighted by molar-refractivity contribution is 6.05. The third-order valence-electron chi connectivity index (χ3n) is 5.32. The highest BCUT2D eigenvalue weighted by atomic mass is 16.5. The first-order chi connectivity index (χ1) is 13.7. The predicted molar refractivity (Wildman–Crippen MR) is 112 cm³/mol. The van der Waals surface area contributed by atoms with Gasteiger partial charge in [0.25, 0.3) is 0 Å². The molecular formula is C24H18N2O2. The predicted octanol–water partition coefficient (Wildman–Crippen LogP) is 5.98. The van der Waals surface area contributed by atoms with Gasteiger partial charge in [-0.2, -0.15) is 0 Å². The summed E-state index contributed by atoms with van der Waals surface area (Å²) in [6, 6.07) is 15.8. The number of rotatable bonds is 3. The molecule has 3 heterocycles. The Balaban J connectivity index is 1.67. The first kappa shape index (κ1) is 16.5. The van der Waals surface area contributed by atoms with Gasteiger partial charge >= 0.3 is 0 Å². The Labute approximate surface area is 162 Å². The van der Waals surface area contributed by atoms with Crippen molar-refractivity contribution < 1.29 is 9.15 Å². The Hall–Kier alpha value is -3.71. The van der Waals surface area contributed by atoms with E-state index in [4.69, 9.17) is 15.6 Å². The van der Waals surface area contributed by atoms with Gasteiger partial charge in [-0.25, -0.2) is 4.98 Å². The maximum atomic E-state index is 6.23. The van der Waals surface area contributed by atoms with Crippen molar-refractivity contribution >= 4 is 32.8 Å². The van der Waals surface area contributed by atoms with E-state index in [1.54, 1.807) is 6.20 Å². The summed E-state index contributed by atoms with van der Waals surface area (Å²) < 4.78 is 14.2. The topological polar surface area (TPSA) is 40.2 Å². The van der Waals surface area contributed by atoms with E-state index < -0.39 is 0 Å². The molecule has 0 unspecified atom stereocenters. The van der Waals surface area contributed by atoms with Crippen LogP contribution in [0.4, 0.5) is 0 Å². The summed E-state index contributed by atoms with van der Waals surface area (Å²) in [4.78, 5) is 4.49. The number of furan rings is 1. The summed E-state index contributed by atoms with van der Waals surface area (Å²) in [7, 11) is 0. The van der Waals surface area contributed by atoms with Crippen LogP contribution in [0.25, 0.3) is 32.8 Å². The number of para-hydroxylation sites is 1. The fraction of sp³-hybridized carbons (Fsp3) is 0.125. The average Bonchev–Trinajstić information content (AvgIpc) is 3.20. The summed E-state index contributed by atoms with van der Waals surface area (Å²) in [6.45, 7) is 4.64. The van der Waals surface area contributed by atoms with E-state index in [9.17, 15) is 0 Å². The van der Waals surface area contributed by atoms with Gasteiger partial charge in [-0.15, -0.1) is 6.42 Å². The highest BCUT2D eigenvalue weighted by Gasteiger charge is 2.17. The van der Waals surface area contributed by atoms with Crippen LogP contribution in [0, 0.1) is 26.2 Å². The molecule has 0 aliphatic heterocycles. The number of aromatic nitrogens is 2. The smallest absolute Gasteiger partial charge is 0.244 e. The zero-order valence-electron chi connectivity index (χ0n) is 15.7. The fourth-order valence-electron chi connectivity index (χ4n) is 3.81. The quantitative estimate of drug-likeness (QED) is 0.369. The van der Waals surface area contributed by atoms with Gasteiger partial charge in [0.1, 0.15) is 22.4 Å². The first-order valence-corrected chi connectivity index (χ1v) is 9.14. The summed E-state index contributed by atoms with van der Waals surface area (Å²) >= 11 is 0. The fourth-order valence-corrected chi connectivity index (χ4v) is 3.81. The van der Waals surface area contributed by atoms with Gasteiger partial charge in [0, 0.05) is 28.0 Å². The Morgan fingerprint density at radius 3 is 2.71 bits per heavy atom. The minimum atomic E-state index is 0.476. The zero-order valence-corrected chi connectivity index (χ0v) is 15.7. The van der Waals surface area contributed by atoms with Crippen molar-refractivity contribution in [3.63, 3.8) is 0 Å². The van der Waals surface area contributed by atoms with E-state index in [2.05, 4.69) is 35.4 Å². The molecular weight excluding hydrogens is 348 g/mol. The van der Waals surface area contributed by atoms with Crippen LogP contribution in [0.2, 0.25) is 0 Å². The molecule has 4 heteroatoms. The van der Waals surface area contributed by atoms with Crippen LogP contribution in [0.15, 0.2) is 59.1 Å². The van der Waals surface area contributed by atoms with E-state index in [-0.39, 0.29) is 0 Å². The first-order valence-electron chi connectivity index (χ1n) is 9.14. The Kier molecular flexibility index (Phi) is 3.63. The number of aryl methyl sites for hydroxylation is 1. The number of benzene rings is 2. The number of hydrogen-bond acceptors (Lipinski definition) is 3. The molecule has 0 bridgehead atoms. The van der Waals surface area contributed by atoms with Gasteiger partial charge in [-0.3, -0.25) is 0 Å². The maximum Gasteiger partial charge on any atom is 0.244 e. The SMILES string of the molecule is C#CCn1c(C)c(C)c2ccnc(Oc3ccc4oc5ccccc5c4c3)c21. The van der Waals surface area contributed by atoms with Gasteiger partial charge < -0.3 is 13.7 Å². The lowest BCUT2D eigenvalue weighted by molar-refractivity contribution is 0.466. The second-order valence-electron chi connectivity index (χ2n) is 6.87. The summed E-state index contributed by atoms with van der Waals surface area (Å²) in [5.74, 6) is 3.99. The lowest BCUT2D eigenvalue weighted by Gasteiger charge is -2.09. The van der Waals surface area contributed by atoms with Gasteiger partial charge in [0.05, 0.1) is 6.54 Å². The lowest BCUT2D eigenvalue weighted by atomic mass is 10.1. The Bertz CT molecular complexity index is 1400. The second-order valence-corrected chi connectivity index (χ2v) is 6.87. The van der Waals surface area contributed by atoms with Gasteiger partial charge in [0.15, 0.2) is 0 Å². The number of hydrogen-bond donors (Lipinski definition) is 0. The Morgan fingerprint density at radius 1 is 1.04 bits per heavy atom. The minimum Gasteiger partial charge on any atom is -0.456 e. The van der Waals surface area contributed by atoms with Crippen molar-refractivity contribution in [2.45, 2.75) is 20.4 Å². The molecule has 3 aromatic heterocycles. The van der Waals surface area contributed by atoms with E-state index in [0.29, 0.717) is 18.2 Å². The van der Waals surface area contributed by atoms with Gasteiger partial charge in [-0.1, -0.05) is 24.1 Å². The molecule has 28 heavy (non-hydrogen) atoms. The average molecular weight is 366 g/mol. The van der Waals surface area contributed by atoms with E-state index in [1.165, 1.54) is 5.56 Å². The third-order valence-corrected chi connectivity index (χ3v) is 5.32. The Morgan fingerprint density at radius 2 is 1.86 bits per heavy atom. The van der Waals surface area contributed by atoms with Crippen LogP contribution >= 0.6 is 0 Å². The number of fused-ring (bicyclic) bond motifs is 4. The van der Waals surface area contributed by atoms with Crippen LogP contribution in [-0.4, -0.2) is 9.55 Å². The van der Waals surface area contributed by atoms with Crippen molar-refractivity contribution in [1.82, 2.24) is 9.55 Å². The molecule has 4 nitrogen and oxygen atoms in total. The molecule has 5 aromatic rings. The maximum absolute atomic E-state index is 6.23. The van der Waals surface area contributed by atoms with Crippen LogP contribution in [0.5, 0.6) is 11.6 Å². The second kappa shape index (κ2) is 6.17. The third kappa shape index (κ3) is 2.37. The summed E-state index contributed by atoms with van der Waals surface area (Å²) in [5.41, 5.74) is 4.94. The van der Waals surface area contributed by atoms with Gasteiger partial charge in [-0.05, 0) is 49.7 Å². The molecule has 0 radical (unpaired) electrons. The molecule has 0 amide bonds.